The van der Waals surface area contributed by atoms with Crippen molar-refractivity contribution in [2.24, 2.45) is 0 Å². The predicted molar refractivity (Wildman–Crippen MR) is 94.2 cm³/mol. The van der Waals surface area contributed by atoms with Crippen LogP contribution >= 0.6 is 11.3 Å². The van der Waals surface area contributed by atoms with Gasteiger partial charge in [0.05, 0.1) is 26.3 Å². The van der Waals surface area contributed by atoms with Crippen LogP contribution in [0.1, 0.15) is 40.6 Å². The number of rotatable bonds is 4. The summed E-state index contributed by atoms with van der Waals surface area (Å²) < 4.78 is 9.20. The number of fused-ring (bicyclic) bond motifs is 1. The second-order valence-electron chi connectivity index (χ2n) is 5.59. The zero-order valence-corrected chi connectivity index (χ0v) is 15.7. The summed E-state index contributed by atoms with van der Waals surface area (Å²) in [6, 6.07) is 0. The zero-order valence-electron chi connectivity index (χ0n) is 14.8. The molecule has 10 heteroatoms. The van der Waals surface area contributed by atoms with Gasteiger partial charge in [-0.15, -0.1) is 11.3 Å². The number of amides is 4. The Morgan fingerprint density at radius 3 is 2.54 bits per heavy atom. The fraction of sp³-hybridized carbons (Fsp3) is 0.500. The second kappa shape index (κ2) is 8.65. The molecule has 2 heterocycles. The van der Waals surface area contributed by atoms with Gasteiger partial charge in [-0.05, 0) is 18.4 Å². The fourth-order valence-electron chi connectivity index (χ4n) is 2.64. The monoisotopic (exact) mass is 383 g/mol. The number of alkyl carbamates (subject to hydrolysis) is 1. The summed E-state index contributed by atoms with van der Waals surface area (Å²) in [7, 11) is 2.46. The molecular weight excluding hydrogens is 362 g/mol. The van der Waals surface area contributed by atoms with E-state index in [-0.39, 0.29) is 18.0 Å². The van der Waals surface area contributed by atoms with Crippen LogP contribution in [0.2, 0.25) is 0 Å². The van der Waals surface area contributed by atoms with Crippen LogP contribution in [-0.2, 0) is 27.2 Å². The first-order valence-electron chi connectivity index (χ1n) is 8.07. The van der Waals surface area contributed by atoms with E-state index in [0.717, 1.165) is 12.0 Å². The predicted octanol–water partition coefficient (Wildman–Crippen LogP) is 2.11. The number of methoxy groups -OCH3 is 2. The molecule has 0 fully saturated rings. The second-order valence-corrected chi connectivity index (χ2v) is 6.70. The smallest absolute Gasteiger partial charge is 0.413 e. The SMILES string of the molecule is CCCC(=O)Nc1sc2c(c1C(=O)NC(=O)OC)CCN(C(=O)OC)C2. The molecule has 1 aliphatic heterocycles. The summed E-state index contributed by atoms with van der Waals surface area (Å²) in [5.74, 6) is -0.865. The molecule has 0 radical (unpaired) electrons. The minimum absolute atomic E-state index is 0.219. The van der Waals surface area contributed by atoms with Gasteiger partial charge in [0.25, 0.3) is 5.91 Å². The van der Waals surface area contributed by atoms with Crippen LogP contribution < -0.4 is 10.6 Å². The Morgan fingerprint density at radius 1 is 1.19 bits per heavy atom. The number of imide groups is 1. The van der Waals surface area contributed by atoms with Crippen LogP contribution in [-0.4, -0.2) is 49.7 Å². The van der Waals surface area contributed by atoms with Gasteiger partial charge in [0.1, 0.15) is 5.00 Å². The minimum Gasteiger partial charge on any atom is -0.453 e. The normalized spacial score (nSPS) is 12.8. The third kappa shape index (κ3) is 4.31. The van der Waals surface area contributed by atoms with Crippen molar-refractivity contribution in [2.75, 3.05) is 26.1 Å². The van der Waals surface area contributed by atoms with E-state index in [9.17, 15) is 19.2 Å². The van der Waals surface area contributed by atoms with Gasteiger partial charge in [0, 0.05) is 17.8 Å². The Labute approximate surface area is 154 Å². The van der Waals surface area contributed by atoms with Gasteiger partial charge in [-0.1, -0.05) is 6.92 Å². The van der Waals surface area contributed by atoms with Gasteiger partial charge < -0.3 is 19.7 Å². The lowest BCUT2D eigenvalue weighted by atomic mass is 10.0. The quantitative estimate of drug-likeness (QED) is 0.823. The summed E-state index contributed by atoms with van der Waals surface area (Å²) in [6.07, 6.45) is 0.0501. The van der Waals surface area contributed by atoms with E-state index in [1.165, 1.54) is 23.3 Å². The van der Waals surface area contributed by atoms with Crippen LogP contribution in [0.25, 0.3) is 0 Å². The Bertz CT molecular complexity index is 730. The van der Waals surface area contributed by atoms with Crippen LogP contribution in [0.4, 0.5) is 14.6 Å². The lowest BCUT2D eigenvalue weighted by molar-refractivity contribution is -0.116. The number of carbonyl (C=O) groups excluding carboxylic acids is 4. The minimum atomic E-state index is -0.882. The number of hydrogen-bond acceptors (Lipinski definition) is 7. The van der Waals surface area contributed by atoms with Crippen molar-refractivity contribution >= 4 is 40.3 Å². The van der Waals surface area contributed by atoms with E-state index in [4.69, 9.17) is 4.74 Å². The summed E-state index contributed by atoms with van der Waals surface area (Å²) in [4.78, 5) is 49.9. The molecule has 1 aliphatic rings. The molecule has 0 aromatic carbocycles. The Balaban J connectivity index is 2.35. The first kappa shape index (κ1) is 19.7. The molecule has 4 amide bonds. The standard InChI is InChI=1S/C16H21N3O6S/c1-4-5-11(20)17-14-12(13(21)18-15(22)24-2)9-6-7-19(16(23)25-3)8-10(9)26-14/h4-8H2,1-3H3,(H,17,20)(H,18,21,22). The lowest BCUT2D eigenvalue weighted by Gasteiger charge is -2.25. The molecule has 0 saturated carbocycles. The molecule has 0 bridgehead atoms. The molecule has 2 rings (SSSR count). The molecule has 1 aromatic heterocycles. The van der Waals surface area contributed by atoms with E-state index in [1.807, 2.05) is 6.92 Å². The lowest BCUT2D eigenvalue weighted by Crippen LogP contribution is -2.36. The number of carbonyl (C=O) groups is 4. The maximum absolute atomic E-state index is 12.5. The van der Waals surface area contributed by atoms with Crippen LogP contribution in [0.15, 0.2) is 0 Å². The first-order chi connectivity index (χ1) is 12.4. The van der Waals surface area contributed by atoms with E-state index >= 15 is 0 Å². The third-order valence-corrected chi connectivity index (χ3v) is 4.98. The summed E-state index contributed by atoms with van der Waals surface area (Å²) >= 11 is 1.22. The zero-order chi connectivity index (χ0) is 19.3. The Hall–Kier alpha value is -2.62. The molecule has 0 saturated heterocycles. The molecule has 1 aromatic rings. The van der Waals surface area contributed by atoms with E-state index < -0.39 is 18.1 Å². The van der Waals surface area contributed by atoms with Gasteiger partial charge in [-0.25, -0.2) is 9.59 Å². The van der Waals surface area contributed by atoms with Gasteiger partial charge in [-0.2, -0.15) is 0 Å². The molecule has 142 valence electrons. The van der Waals surface area contributed by atoms with Crippen molar-refractivity contribution in [3.63, 3.8) is 0 Å². The van der Waals surface area contributed by atoms with Crippen LogP contribution in [0.3, 0.4) is 0 Å². The van der Waals surface area contributed by atoms with E-state index in [0.29, 0.717) is 36.4 Å². The fourth-order valence-corrected chi connectivity index (χ4v) is 3.92. The molecule has 0 aliphatic carbocycles. The van der Waals surface area contributed by atoms with Crippen LogP contribution in [0.5, 0.6) is 0 Å². The van der Waals surface area contributed by atoms with Gasteiger partial charge in [0.2, 0.25) is 5.91 Å². The molecular formula is C16H21N3O6S. The Morgan fingerprint density at radius 2 is 1.92 bits per heavy atom. The largest absolute Gasteiger partial charge is 0.453 e. The number of hydrogen-bond donors (Lipinski definition) is 2. The highest BCUT2D eigenvalue weighted by molar-refractivity contribution is 7.17. The van der Waals surface area contributed by atoms with Crippen molar-refractivity contribution in [3.05, 3.63) is 16.0 Å². The highest BCUT2D eigenvalue weighted by atomic mass is 32.1. The number of nitrogens with zero attached hydrogens (tertiary/aromatic N) is 1. The van der Waals surface area contributed by atoms with Crippen molar-refractivity contribution in [3.8, 4) is 0 Å². The average molecular weight is 383 g/mol. The topological polar surface area (TPSA) is 114 Å². The van der Waals surface area contributed by atoms with Crippen molar-refractivity contribution in [1.82, 2.24) is 10.2 Å². The Kier molecular flexibility index (Phi) is 6.56. The number of ether oxygens (including phenoxy) is 2. The molecule has 9 nitrogen and oxygen atoms in total. The maximum atomic E-state index is 12.5. The molecule has 2 N–H and O–H groups in total. The molecule has 0 unspecified atom stereocenters. The van der Waals surface area contributed by atoms with Gasteiger partial charge in [0.15, 0.2) is 0 Å². The molecule has 26 heavy (non-hydrogen) atoms. The number of thiophene rings is 1. The highest BCUT2D eigenvalue weighted by Crippen LogP contribution is 2.37. The third-order valence-electron chi connectivity index (χ3n) is 3.85. The van der Waals surface area contributed by atoms with E-state index in [2.05, 4.69) is 15.4 Å². The average Bonchev–Trinajstić information content (AvgIpc) is 2.97. The van der Waals surface area contributed by atoms with Crippen molar-refractivity contribution < 1.29 is 28.7 Å². The van der Waals surface area contributed by atoms with Gasteiger partial charge in [-0.3, -0.25) is 14.9 Å². The number of nitrogens with one attached hydrogen (secondary N) is 2. The summed E-state index contributed by atoms with van der Waals surface area (Å²) in [5, 5.41) is 5.22. The van der Waals surface area contributed by atoms with Gasteiger partial charge >= 0.3 is 12.2 Å². The summed E-state index contributed by atoms with van der Waals surface area (Å²) in [6.45, 7) is 2.52. The maximum Gasteiger partial charge on any atom is 0.413 e. The van der Waals surface area contributed by atoms with Crippen molar-refractivity contribution in [1.29, 1.82) is 0 Å². The highest BCUT2D eigenvalue weighted by Gasteiger charge is 2.31. The van der Waals surface area contributed by atoms with Crippen LogP contribution in [0, 0.1) is 0 Å². The molecule has 0 atom stereocenters. The number of anilines is 1. The van der Waals surface area contributed by atoms with E-state index in [1.54, 1.807) is 0 Å². The molecule has 0 spiro atoms. The first-order valence-corrected chi connectivity index (χ1v) is 8.89. The van der Waals surface area contributed by atoms with Crippen molar-refractivity contribution in [2.45, 2.75) is 32.7 Å². The summed E-state index contributed by atoms with van der Waals surface area (Å²) in [5.41, 5.74) is 0.952.